The largest absolute Gasteiger partial charge is 0.325 e. The molecule has 0 saturated carbocycles. The van der Waals surface area contributed by atoms with Gasteiger partial charge in [-0.2, -0.15) is 5.26 Å². The third-order valence-electron chi connectivity index (χ3n) is 4.41. The Balaban J connectivity index is 2.02. The summed E-state index contributed by atoms with van der Waals surface area (Å²) in [5.74, 6) is 1.23. The first-order chi connectivity index (χ1) is 10.2. The molecule has 2 heterocycles. The molecule has 0 spiro atoms. The molecule has 2 aromatic rings. The fourth-order valence-corrected chi connectivity index (χ4v) is 3.38. The van der Waals surface area contributed by atoms with Crippen LogP contribution >= 0.6 is 11.6 Å². The maximum atomic E-state index is 9.23. The van der Waals surface area contributed by atoms with Crippen LogP contribution in [0.25, 0.3) is 11.0 Å². The lowest BCUT2D eigenvalue weighted by Crippen LogP contribution is -2.39. The van der Waals surface area contributed by atoms with Crippen LogP contribution in [0.5, 0.6) is 0 Å². The third-order valence-corrected chi connectivity index (χ3v) is 4.65. The highest BCUT2D eigenvalue weighted by molar-refractivity contribution is 6.16. The zero-order valence-electron chi connectivity index (χ0n) is 12.2. The SMILES string of the molecule is CN1CCCCC1Cn1c(CCl)nc2c(C#N)cccc21. The molecule has 1 fully saturated rings. The summed E-state index contributed by atoms with van der Waals surface area (Å²) >= 11 is 6.07. The molecule has 1 saturated heterocycles. The monoisotopic (exact) mass is 302 g/mol. The Morgan fingerprint density at radius 3 is 3.00 bits per heavy atom. The van der Waals surface area contributed by atoms with Crippen LogP contribution < -0.4 is 0 Å². The van der Waals surface area contributed by atoms with Gasteiger partial charge in [0.05, 0.1) is 17.0 Å². The normalized spacial score (nSPS) is 19.8. The summed E-state index contributed by atoms with van der Waals surface area (Å²) < 4.78 is 2.19. The maximum absolute atomic E-state index is 9.23. The summed E-state index contributed by atoms with van der Waals surface area (Å²) in [5.41, 5.74) is 2.41. The van der Waals surface area contributed by atoms with Crippen molar-refractivity contribution in [3.8, 4) is 6.07 Å². The highest BCUT2D eigenvalue weighted by atomic mass is 35.5. The van der Waals surface area contributed by atoms with E-state index in [2.05, 4.69) is 27.6 Å². The fraction of sp³-hybridized carbons (Fsp3) is 0.500. The van der Waals surface area contributed by atoms with Gasteiger partial charge in [0.1, 0.15) is 17.4 Å². The molecule has 110 valence electrons. The van der Waals surface area contributed by atoms with Crippen molar-refractivity contribution in [3.05, 3.63) is 29.6 Å². The Morgan fingerprint density at radius 2 is 2.29 bits per heavy atom. The van der Waals surface area contributed by atoms with E-state index in [0.29, 0.717) is 17.5 Å². The highest BCUT2D eigenvalue weighted by Crippen LogP contribution is 2.24. The lowest BCUT2D eigenvalue weighted by molar-refractivity contribution is 0.168. The molecule has 5 heteroatoms. The van der Waals surface area contributed by atoms with E-state index in [0.717, 1.165) is 29.9 Å². The lowest BCUT2D eigenvalue weighted by atomic mass is 10.0. The standard InChI is InChI=1S/C16H19ClN4/c1-20-8-3-2-6-13(20)11-21-14-7-4-5-12(10-18)16(14)19-15(21)9-17/h4-5,7,13H,2-3,6,8-9,11H2,1H3. The van der Waals surface area contributed by atoms with E-state index in [1.165, 1.54) is 19.3 Å². The number of para-hydroxylation sites is 1. The Morgan fingerprint density at radius 1 is 1.43 bits per heavy atom. The number of hydrogen-bond donors (Lipinski definition) is 0. The van der Waals surface area contributed by atoms with Crippen LogP contribution in [-0.2, 0) is 12.4 Å². The van der Waals surface area contributed by atoms with Crippen molar-refractivity contribution in [2.75, 3.05) is 13.6 Å². The molecule has 21 heavy (non-hydrogen) atoms. The minimum absolute atomic E-state index is 0.371. The van der Waals surface area contributed by atoms with Crippen molar-refractivity contribution in [1.29, 1.82) is 5.26 Å². The Labute approximate surface area is 129 Å². The van der Waals surface area contributed by atoms with Gasteiger partial charge in [0.25, 0.3) is 0 Å². The predicted molar refractivity (Wildman–Crippen MR) is 84.3 cm³/mol. The average molecular weight is 303 g/mol. The number of likely N-dealkylation sites (N-methyl/N-ethyl adjacent to an activating group) is 1. The number of imidazole rings is 1. The van der Waals surface area contributed by atoms with Gasteiger partial charge in [-0.25, -0.2) is 4.98 Å². The minimum atomic E-state index is 0.371. The summed E-state index contributed by atoms with van der Waals surface area (Å²) in [6, 6.07) is 8.49. The molecule has 0 N–H and O–H groups in total. The Hall–Kier alpha value is -1.57. The number of hydrogen-bond acceptors (Lipinski definition) is 3. The molecule has 3 rings (SSSR count). The molecule has 1 atom stereocenters. The second kappa shape index (κ2) is 6.05. The Bertz CT molecular complexity index is 685. The molecule has 1 unspecified atom stereocenters. The van der Waals surface area contributed by atoms with E-state index in [1.807, 2.05) is 18.2 Å². The van der Waals surface area contributed by atoms with Crippen LogP contribution in [0.15, 0.2) is 18.2 Å². The number of halogens is 1. The number of alkyl halides is 1. The molecule has 0 amide bonds. The van der Waals surface area contributed by atoms with Crippen molar-refractivity contribution in [3.63, 3.8) is 0 Å². The van der Waals surface area contributed by atoms with Gasteiger partial charge >= 0.3 is 0 Å². The van der Waals surface area contributed by atoms with Crippen molar-refractivity contribution in [2.45, 2.75) is 37.7 Å². The topological polar surface area (TPSA) is 44.9 Å². The molecule has 1 aliphatic rings. The number of aromatic nitrogens is 2. The zero-order valence-corrected chi connectivity index (χ0v) is 13.0. The van der Waals surface area contributed by atoms with Crippen molar-refractivity contribution < 1.29 is 0 Å². The number of piperidine rings is 1. The van der Waals surface area contributed by atoms with E-state index >= 15 is 0 Å². The number of fused-ring (bicyclic) bond motifs is 1. The van der Waals surface area contributed by atoms with E-state index < -0.39 is 0 Å². The Kier molecular flexibility index (Phi) is 4.14. The summed E-state index contributed by atoms with van der Waals surface area (Å²) in [7, 11) is 2.18. The lowest BCUT2D eigenvalue weighted by Gasteiger charge is -2.33. The minimum Gasteiger partial charge on any atom is -0.325 e. The molecule has 0 radical (unpaired) electrons. The summed E-state index contributed by atoms with van der Waals surface area (Å²) in [5, 5.41) is 9.23. The highest BCUT2D eigenvalue weighted by Gasteiger charge is 2.22. The predicted octanol–water partition coefficient (Wildman–Crippen LogP) is 3.13. The first-order valence-electron chi connectivity index (χ1n) is 7.39. The number of nitriles is 1. The summed E-state index contributed by atoms with van der Waals surface area (Å²) in [6.07, 6.45) is 3.76. The third kappa shape index (κ3) is 2.64. The number of rotatable bonds is 3. The van der Waals surface area contributed by atoms with Crippen molar-refractivity contribution in [1.82, 2.24) is 14.5 Å². The number of likely N-dealkylation sites (tertiary alicyclic amines) is 1. The van der Waals surface area contributed by atoms with Crippen molar-refractivity contribution in [2.24, 2.45) is 0 Å². The number of benzene rings is 1. The molecule has 1 aliphatic heterocycles. The molecule has 0 bridgehead atoms. The van der Waals surface area contributed by atoms with Gasteiger partial charge in [0.15, 0.2) is 0 Å². The van der Waals surface area contributed by atoms with Gasteiger partial charge in [0, 0.05) is 12.6 Å². The summed E-state index contributed by atoms with van der Waals surface area (Å²) in [6.45, 7) is 2.04. The first kappa shape index (κ1) is 14.4. The molecular weight excluding hydrogens is 284 g/mol. The fourth-order valence-electron chi connectivity index (χ4n) is 3.18. The average Bonchev–Trinajstić information content (AvgIpc) is 2.87. The molecular formula is C16H19ClN4. The molecule has 4 nitrogen and oxygen atoms in total. The molecule has 1 aromatic heterocycles. The van der Waals surface area contributed by atoms with E-state index in [4.69, 9.17) is 11.6 Å². The van der Waals surface area contributed by atoms with E-state index in [-0.39, 0.29) is 0 Å². The van der Waals surface area contributed by atoms with Crippen LogP contribution in [0, 0.1) is 11.3 Å². The quantitative estimate of drug-likeness (QED) is 0.818. The van der Waals surface area contributed by atoms with E-state index in [9.17, 15) is 5.26 Å². The van der Waals surface area contributed by atoms with Crippen LogP contribution in [0.2, 0.25) is 0 Å². The van der Waals surface area contributed by atoms with Crippen molar-refractivity contribution >= 4 is 22.6 Å². The first-order valence-corrected chi connectivity index (χ1v) is 7.92. The van der Waals surface area contributed by atoms with Gasteiger partial charge in [-0.05, 0) is 38.6 Å². The van der Waals surface area contributed by atoms with Gasteiger partial charge in [0.2, 0.25) is 0 Å². The zero-order chi connectivity index (χ0) is 14.8. The molecule has 0 aliphatic carbocycles. The van der Waals surface area contributed by atoms with Gasteiger partial charge in [-0.1, -0.05) is 12.5 Å². The van der Waals surface area contributed by atoms with Gasteiger partial charge < -0.3 is 9.47 Å². The number of nitrogens with zero attached hydrogens (tertiary/aromatic N) is 4. The smallest absolute Gasteiger partial charge is 0.124 e. The van der Waals surface area contributed by atoms with Gasteiger partial charge in [-0.3, -0.25) is 0 Å². The summed E-state index contributed by atoms with van der Waals surface area (Å²) in [4.78, 5) is 7.00. The second-order valence-electron chi connectivity index (χ2n) is 5.69. The van der Waals surface area contributed by atoms with Crippen LogP contribution in [-0.4, -0.2) is 34.1 Å². The van der Waals surface area contributed by atoms with Crippen LogP contribution in [0.3, 0.4) is 0 Å². The maximum Gasteiger partial charge on any atom is 0.124 e. The van der Waals surface area contributed by atoms with Crippen LogP contribution in [0.4, 0.5) is 0 Å². The van der Waals surface area contributed by atoms with Gasteiger partial charge in [-0.15, -0.1) is 11.6 Å². The second-order valence-corrected chi connectivity index (χ2v) is 5.95. The van der Waals surface area contributed by atoms with Crippen LogP contribution in [0.1, 0.15) is 30.7 Å². The molecule has 1 aromatic carbocycles. The van der Waals surface area contributed by atoms with E-state index in [1.54, 1.807) is 0 Å².